The van der Waals surface area contributed by atoms with E-state index in [1.807, 2.05) is 84.0 Å². The zero-order chi connectivity index (χ0) is 63.7. The van der Waals surface area contributed by atoms with Crippen molar-refractivity contribution in [3.63, 3.8) is 0 Å². The minimum Gasteiger partial charge on any atom is -0.507 e. The third kappa shape index (κ3) is 9.11. The minimum atomic E-state index is -4.18. The Bertz CT molecular complexity index is 3810. The van der Waals surface area contributed by atoms with Gasteiger partial charge in [-0.3, -0.25) is 9.55 Å². The van der Waals surface area contributed by atoms with Crippen molar-refractivity contribution in [3.05, 3.63) is 168 Å². The van der Waals surface area contributed by atoms with Gasteiger partial charge in [0, 0.05) is 68.9 Å². The molecule has 1 N–H and O–H groups in total. The summed E-state index contributed by atoms with van der Waals surface area (Å²) in [6.07, 6.45) is 1.42. The van der Waals surface area contributed by atoms with Gasteiger partial charge in [-0.15, -0.1) is 29.3 Å². The van der Waals surface area contributed by atoms with Crippen LogP contribution in [0.4, 0.5) is 0 Å². The van der Waals surface area contributed by atoms with Gasteiger partial charge in [-0.1, -0.05) is 185 Å². The van der Waals surface area contributed by atoms with Gasteiger partial charge in [0.25, 0.3) is 0 Å². The minimum absolute atomic E-state index is 0. The van der Waals surface area contributed by atoms with Crippen LogP contribution in [0.1, 0.15) is 136 Å². The number of nitrogens with zero attached hydrogens (tertiary/aromatic N) is 3. The SMILES string of the molecule is [2H]c1c([2H])c([2H])c(-c2ccnc(-c3[c-]c(-c4cccc5c4nc(-c4cc(C(C([2H])([2H])[2H])(C([2H])([2H])[2H])C([2H])([2H])[2H])cc(C(C([2H])([2H])[2H])(C([2H])([2H])[2H])C([2H])([2H])[2H])c4O)n5-c4ccc(-c5ccccc5)c(C(C)(C)C)c4)cc(C(C)(C)C)c3)c2)c([2H])c1[2H].[Pt]. The van der Waals surface area contributed by atoms with Crippen LogP contribution in [0.25, 0.3) is 72.7 Å². The predicted molar refractivity (Wildman–Crippen MR) is 261 cm³/mol. The van der Waals surface area contributed by atoms with Gasteiger partial charge in [0.15, 0.2) is 0 Å². The second-order valence-electron chi connectivity index (χ2n) is 17.6. The molecule has 324 valence electrons. The van der Waals surface area contributed by atoms with Crippen LogP contribution in [0, 0.1) is 6.07 Å². The maximum atomic E-state index is 13.0. The molecule has 2 aromatic heterocycles. The summed E-state index contributed by atoms with van der Waals surface area (Å²) in [7, 11) is 0. The van der Waals surface area contributed by atoms with Crippen molar-refractivity contribution in [1.29, 1.82) is 0 Å². The van der Waals surface area contributed by atoms with Crippen molar-refractivity contribution in [1.82, 2.24) is 14.5 Å². The number of pyridine rings is 1. The van der Waals surface area contributed by atoms with E-state index in [0.29, 0.717) is 28.3 Å². The smallest absolute Gasteiger partial charge is 0.148 e. The first-order valence-electron chi connectivity index (χ1n) is 31.5. The van der Waals surface area contributed by atoms with Gasteiger partial charge in [-0.25, -0.2) is 4.98 Å². The third-order valence-electron chi connectivity index (χ3n) is 10.9. The van der Waals surface area contributed by atoms with E-state index in [9.17, 15) is 5.11 Å². The fourth-order valence-corrected chi connectivity index (χ4v) is 7.64. The van der Waals surface area contributed by atoms with E-state index in [1.54, 1.807) is 42.5 Å². The van der Waals surface area contributed by atoms with E-state index >= 15 is 0 Å². The first-order chi connectivity index (χ1) is 38.8. The summed E-state index contributed by atoms with van der Waals surface area (Å²) in [5.74, 6) is -1.90. The van der Waals surface area contributed by atoms with Crippen LogP contribution < -0.4 is 0 Å². The Morgan fingerprint density at radius 3 is 1.97 bits per heavy atom. The van der Waals surface area contributed by atoms with Crippen LogP contribution in [-0.2, 0) is 42.7 Å². The Balaban J connectivity index is 0.0000106. The topological polar surface area (TPSA) is 50.9 Å². The Hall–Kier alpha value is -5.57. The number of aromatic nitrogens is 3. The molecular weight excluding hydrogens is 950 g/mol. The molecular formula is C58H60N3OPt-. The maximum Gasteiger partial charge on any atom is 0.148 e. The van der Waals surface area contributed by atoms with Crippen molar-refractivity contribution in [2.45, 2.75) is 104 Å². The molecule has 8 aromatic rings. The number of benzene rings is 6. The van der Waals surface area contributed by atoms with Crippen molar-refractivity contribution >= 4 is 11.0 Å². The molecule has 6 aromatic carbocycles. The van der Waals surface area contributed by atoms with E-state index in [2.05, 4.69) is 11.1 Å². The van der Waals surface area contributed by atoms with Gasteiger partial charge in [0.2, 0.25) is 0 Å². The Morgan fingerprint density at radius 1 is 0.587 bits per heavy atom. The maximum absolute atomic E-state index is 13.0. The average Bonchev–Trinajstić information content (AvgIpc) is 0.763. The first-order valence-corrected chi connectivity index (χ1v) is 20.0. The molecule has 4 nitrogen and oxygen atoms in total. The van der Waals surface area contributed by atoms with Gasteiger partial charge in [-0.2, -0.15) is 0 Å². The fourth-order valence-electron chi connectivity index (χ4n) is 7.64. The second kappa shape index (κ2) is 16.9. The number of imidazole rings is 1. The number of phenolic OH excluding ortho intramolecular Hbond substituents is 1. The van der Waals surface area contributed by atoms with E-state index < -0.39 is 121 Å². The van der Waals surface area contributed by atoms with E-state index in [-0.39, 0.29) is 60.7 Å². The molecule has 0 bridgehead atoms. The zero-order valence-electron chi connectivity index (χ0n) is 58.5. The van der Waals surface area contributed by atoms with Crippen molar-refractivity contribution in [2.75, 3.05) is 0 Å². The predicted octanol–water partition coefficient (Wildman–Crippen LogP) is 15.4. The molecule has 8 rings (SSSR count). The number of fused-ring (bicyclic) bond motifs is 1. The van der Waals surface area contributed by atoms with Gasteiger partial charge >= 0.3 is 0 Å². The molecule has 0 radical (unpaired) electrons. The number of phenols is 1. The molecule has 0 atom stereocenters. The molecule has 5 heteroatoms. The summed E-state index contributed by atoms with van der Waals surface area (Å²) in [6, 6.07) is 28.0. The summed E-state index contributed by atoms with van der Waals surface area (Å²) in [5, 5.41) is 13.0. The molecule has 2 heterocycles. The van der Waals surface area contributed by atoms with E-state index in [4.69, 9.17) is 36.5 Å². The fraction of sp³-hybridized carbons (Fsp3) is 0.276. The molecule has 0 saturated carbocycles. The van der Waals surface area contributed by atoms with Gasteiger partial charge in [0.1, 0.15) is 11.6 Å². The number of rotatable bonds is 6. The molecule has 0 fully saturated rings. The van der Waals surface area contributed by atoms with E-state index in [1.165, 1.54) is 16.8 Å². The van der Waals surface area contributed by atoms with Crippen molar-refractivity contribution in [2.24, 2.45) is 0 Å². The quantitative estimate of drug-likeness (QED) is 0.169. The average molecular weight is 1030 g/mol. The Labute approximate surface area is 422 Å². The van der Waals surface area contributed by atoms with Crippen LogP contribution in [0.5, 0.6) is 5.75 Å². The summed E-state index contributed by atoms with van der Waals surface area (Å²) < 4.78 is 201. The van der Waals surface area contributed by atoms with Gasteiger partial charge in [-0.05, 0) is 85.4 Å². The third-order valence-corrected chi connectivity index (χ3v) is 10.9. The Morgan fingerprint density at radius 2 is 1.29 bits per heavy atom. The van der Waals surface area contributed by atoms with Crippen molar-refractivity contribution < 1.29 is 57.7 Å². The monoisotopic (exact) mass is 1030 g/mol. The van der Waals surface area contributed by atoms with Crippen molar-refractivity contribution in [3.8, 4) is 67.5 Å². The standard InChI is InChI=1S/C58H60N3O.Pt/c1-55(2,3)42-31-40(30-41(32-42)50-33-39(28-29-59-50)37-20-15-13-16-21-37)46-24-19-25-51-52(46)60-54(47-34-43(56(4,5)6)35-49(53(47)62)58(10,11)12)61(51)44-26-27-45(38-22-17-14-18-23-38)48(36-44)57(7,8)9;/h13-29,31-36,62H,1-12H3;/q-1;/i4D3,5D3,6D3,10D3,11D3,12D3,13D,15D,16D,20D,21D;. The summed E-state index contributed by atoms with van der Waals surface area (Å²) in [4.78, 5) is 9.74. The molecule has 0 spiro atoms. The molecule has 63 heavy (non-hydrogen) atoms. The second-order valence-corrected chi connectivity index (χ2v) is 17.6. The van der Waals surface area contributed by atoms with Crippen LogP contribution in [0.3, 0.4) is 0 Å². The van der Waals surface area contributed by atoms with Gasteiger partial charge < -0.3 is 5.11 Å². The number of hydrogen-bond acceptors (Lipinski definition) is 3. The van der Waals surface area contributed by atoms with E-state index in [0.717, 1.165) is 16.7 Å². The number of aromatic hydroxyl groups is 1. The van der Waals surface area contributed by atoms with Crippen LogP contribution >= 0.6 is 0 Å². The molecule has 0 aliphatic carbocycles. The first kappa shape index (κ1) is 24.5. The molecule has 0 unspecified atom stereocenters. The van der Waals surface area contributed by atoms with Crippen LogP contribution in [0.15, 0.2) is 140 Å². The van der Waals surface area contributed by atoms with Gasteiger partial charge in [0.05, 0.1) is 23.5 Å². The number of para-hydroxylation sites is 1. The Kier molecular flexibility index (Phi) is 6.55. The molecule has 0 saturated heterocycles. The summed E-state index contributed by atoms with van der Waals surface area (Å²) in [6.45, 7) is -13.1. The molecule has 0 aliphatic heterocycles. The zero-order valence-corrected chi connectivity index (χ0v) is 37.8. The molecule has 0 aliphatic rings. The normalized spacial score (nSPS) is 18.9. The van der Waals surface area contributed by atoms with Crippen LogP contribution in [-0.4, -0.2) is 19.6 Å². The summed E-state index contributed by atoms with van der Waals surface area (Å²) in [5.41, 5.74) is -8.19. The largest absolute Gasteiger partial charge is 0.507 e. The number of hydrogen-bond donors (Lipinski definition) is 1. The summed E-state index contributed by atoms with van der Waals surface area (Å²) >= 11 is 0. The molecule has 0 amide bonds. The van der Waals surface area contributed by atoms with Crippen LogP contribution in [0.2, 0.25) is 0 Å².